The highest BCUT2D eigenvalue weighted by Crippen LogP contribution is 2.18. The molecule has 61 heavy (non-hydrogen) atoms. The number of hydrogen-bond donors (Lipinski definition) is 0. The van der Waals surface area contributed by atoms with Crippen LogP contribution in [0.5, 0.6) is 0 Å². The molecular formula is C55H106O6. The molecule has 0 spiro atoms. The van der Waals surface area contributed by atoms with E-state index in [1.807, 2.05) is 0 Å². The maximum Gasteiger partial charge on any atom is 0.306 e. The number of carbonyl (C=O) groups is 3. The summed E-state index contributed by atoms with van der Waals surface area (Å²) in [4.78, 5) is 38.0. The number of rotatable bonds is 48. The lowest BCUT2D eigenvalue weighted by molar-refractivity contribution is -0.167. The van der Waals surface area contributed by atoms with E-state index in [-0.39, 0.29) is 31.1 Å². The van der Waals surface area contributed by atoms with Crippen LogP contribution in [0.3, 0.4) is 0 Å². The van der Waals surface area contributed by atoms with E-state index in [1.54, 1.807) is 0 Å². The number of unbranched alkanes of at least 4 members (excludes halogenated alkanes) is 30. The molecular weight excluding hydrogens is 757 g/mol. The third-order valence-corrected chi connectivity index (χ3v) is 12.8. The minimum atomic E-state index is -0.763. The van der Waals surface area contributed by atoms with Crippen LogP contribution in [0.1, 0.15) is 298 Å². The zero-order valence-corrected chi connectivity index (χ0v) is 42.0. The lowest BCUT2D eigenvalue weighted by Gasteiger charge is -2.18. The van der Waals surface area contributed by atoms with E-state index in [0.717, 1.165) is 75.5 Å². The first-order chi connectivity index (χ1) is 29.6. The summed E-state index contributed by atoms with van der Waals surface area (Å²) in [6.07, 6.45) is 46.7. The van der Waals surface area contributed by atoms with Crippen molar-refractivity contribution in [1.29, 1.82) is 0 Å². The molecule has 0 N–H and O–H groups in total. The lowest BCUT2D eigenvalue weighted by Crippen LogP contribution is -2.30. The van der Waals surface area contributed by atoms with Gasteiger partial charge in [-0.2, -0.15) is 0 Å². The molecule has 0 aliphatic rings. The monoisotopic (exact) mass is 863 g/mol. The van der Waals surface area contributed by atoms with Gasteiger partial charge in [0, 0.05) is 19.3 Å². The molecule has 362 valence electrons. The third kappa shape index (κ3) is 47.7. The minimum absolute atomic E-state index is 0.0648. The molecule has 0 amide bonds. The average molecular weight is 863 g/mol. The molecule has 0 aromatic rings. The topological polar surface area (TPSA) is 78.9 Å². The SMILES string of the molecule is CCC(C)CCCCCCCCC(=O)OC[C@@H](COC(=O)CCCCCCCCCCCCCCCCCCC(C)C)OC(=O)CCCCCCCCCCCCCC(C)C. The van der Waals surface area contributed by atoms with Crippen molar-refractivity contribution in [3.63, 3.8) is 0 Å². The summed E-state index contributed by atoms with van der Waals surface area (Å²) in [7, 11) is 0. The van der Waals surface area contributed by atoms with Crippen molar-refractivity contribution in [2.75, 3.05) is 13.2 Å². The van der Waals surface area contributed by atoms with Gasteiger partial charge in [0.25, 0.3) is 0 Å². The van der Waals surface area contributed by atoms with Crippen molar-refractivity contribution in [3.05, 3.63) is 0 Å². The zero-order valence-electron chi connectivity index (χ0n) is 42.0. The van der Waals surface area contributed by atoms with Gasteiger partial charge in [-0.25, -0.2) is 0 Å². The van der Waals surface area contributed by atoms with Crippen molar-refractivity contribution in [2.45, 2.75) is 304 Å². The van der Waals surface area contributed by atoms with E-state index in [2.05, 4.69) is 41.5 Å². The normalized spacial score (nSPS) is 12.6. The summed E-state index contributed by atoms with van der Waals surface area (Å²) in [5, 5.41) is 0. The average Bonchev–Trinajstić information content (AvgIpc) is 3.23. The standard InChI is InChI=1S/C55H106O6/c1-7-51(6)43-37-31-27-28-33-39-45-54(57)60-48-52(61-55(58)46-40-34-26-22-18-14-16-20-24-30-36-42-50(4)5)47-59-53(56)44-38-32-25-21-17-13-11-9-8-10-12-15-19-23-29-35-41-49(2)3/h49-52H,7-48H2,1-6H3/t51?,52-/m1/s1. The van der Waals surface area contributed by atoms with Gasteiger partial charge < -0.3 is 14.2 Å². The first-order valence-corrected chi connectivity index (χ1v) is 27.1. The Morgan fingerprint density at radius 3 is 0.852 bits per heavy atom. The second-order valence-corrected chi connectivity index (χ2v) is 20.1. The quantitative estimate of drug-likeness (QED) is 0.0344. The van der Waals surface area contributed by atoms with Gasteiger partial charge in [-0.3, -0.25) is 14.4 Å². The van der Waals surface area contributed by atoms with Crippen molar-refractivity contribution < 1.29 is 28.6 Å². The fourth-order valence-electron chi connectivity index (χ4n) is 8.26. The van der Waals surface area contributed by atoms with E-state index in [1.165, 1.54) is 180 Å². The van der Waals surface area contributed by atoms with Gasteiger partial charge in [0.15, 0.2) is 6.10 Å². The number of ether oxygens (including phenoxy) is 3. The second-order valence-electron chi connectivity index (χ2n) is 20.1. The van der Waals surface area contributed by atoms with Crippen molar-refractivity contribution in [1.82, 2.24) is 0 Å². The Bertz CT molecular complexity index is 947. The second kappa shape index (κ2) is 46.4. The van der Waals surface area contributed by atoms with Crippen LogP contribution in [-0.4, -0.2) is 37.2 Å². The van der Waals surface area contributed by atoms with Crippen molar-refractivity contribution in [2.24, 2.45) is 17.8 Å². The van der Waals surface area contributed by atoms with E-state index >= 15 is 0 Å². The molecule has 0 rings (SSSR count). The van der Waals surface area contributed by atoms with E-state index < -0.39 is 6.10 Å². The van der Waals surface area contributed by atoms with Gasteiger partial charge in [-0.05, 0) is 37.0 Å². The third-order valence-electron chi connectivity index (χ3n) is 12.8. The molecule has 0 bridgehead atoms. The Hall–Kier alpha value is -1.59. The van der Waals surface area contributed by atoms with Gasteiger partial charge in [0.2, 0.25) is 0 Å². The molecule has 0 radical (unpaired) electrons. The molecule has 0 saturated heterocycles. The Balaban J connectivity index is 4.25. The van der Waals surface area contributed by atoms with Crippen LogP contribution in [0.4, 0.5) is 0 Å². The highest BCUT2D eigenvalue weighted by atomic mass is 16.6. The van der Waals surface area contributed by atoms with Crippen LogP contribution < -0.4 is 0 Å². The Morgan fingerprint density at radius 2 is 0.574 bits per heavy atom. The molecule has 1 unspecified atom stereocenters. The number of esters is 3. The fourth-order valence-corrected chi connectivity index (χ4v) is 8.26. The van der Waals surface area contributed by atoms with Crippen molar-refractivity contribution >= 4 is 17.9 Å². The van der Waals surface area contributed by atoms with Crippen LogP contribution in [-0.2, 0) is 28.6 Å². The molecule has 2 atom stereocenters. The predicted octanol–water partition coefficient (Wildman–Crippen LogP) is 17.6. The Morgan fingerprint density at radius 1 is 0.328 bits per heavy atom. The molecule has 0 aromatic carbocycles. The number of hydrogen-bond acceptors (Lipinski definition) is 6. The zero-order chi connectivity index (χ0) is 44.9. The maximum atomic E-state index is 12.8. The molecule has 0 aliphatic carbocycles. The Kier molecular flexibility index (Phi) is 45.2. The smallest absolute Gasteiger partial charge is 0.306 e. The van der Waals surface area contributed by atoms with Crippen LogP contribution in [0, 0.1) is 17.8 Å². The first kappa shape index (κ1) is 59.4. The predicted molar refractivity (Wildman–Crippen MR) is 261 cm³/mol. The van der Waals surface area contributed by atoms with Crippen LogP contribution >= 0.6 is 0 Å². The highest BCUT2D eigenvalue weighted by molar-refractivity contribution is 5.71. The fraction of sp³-hybridized carbons (Fsp3) is 0.945. The van der Waals surface area contributed by atoms with Crippen LogP contribution in [0.15, 0.2) is 0 Å². The molecule has 0 fully saturated rings. The minimum Gasteiger partial charge on any atom is -0.462 e. The lowest BCUT2D eigenvalue weighted by atomic mass is 10.00. The molecule has 6 heteroatoms. The van der Waals surface area contributed by atoms with E-state index in [4.69, 9.17) is 14.2 Å². The number of carbonyl (C=O) groups excluding carboxylic acids is 3. The maximum absolute atomic E-state index is 12.8. The van der Waals surface area contributed by atoms with Gasteiger partial charge >= 0.3 is 17.9 Å². The molecule has 0 saturated carbocycles. The van der Waals surface area contributed by atoms with Crippen LogP contribution in [0.2, 0.25) is 0 Å². The summed E-state index contributed by atoms with van der Waals surface area (Å²) in [5.74, 6) is 1.64. The Labute approximate surface area is 380 Å². The summed E-state index contributed by atoms with van der Waals surface area (Å²) < 4.78 is 16.8. The summed E-state index contributed by atoms with van der Waals surface area (Å²) in [5.41, 5.74) is 0. The molecule has 6 nitrogen and oxygen atoms in total. The summed E-state index contributed by atoms with van der Waals surface area (Å²) >= 11 is 0. The van der Waals surface area contributed by atoms with Crippen LogP contribution in [0.25, 0.3) is 0 Å². The van der Waals surface area contributed by atoms with Gasteiger partial charge in [-0.15, -0.1) is 0 Å². The molecule has 0 aliphatic heterocycles. The highest BCUT2D eigenvalue weighted by Gasteiger charge is 2.19. The summed E-state index contributed by atoms with van der Waals surface area (Å²) in [6.45, 7) is 13.7. The van der Waals surface area contributed by atoms with E-state index in [0.29, 0.717) is 19.3 Å². The van der Waals surface area contributed by atoms with Gasteiger partial charge in [0.1, 0.15) is 13.2 Å². The van der Waals surface area contributed by atoms with E-state index in [9.17, 15) is 14.4 Å². The largest absolute Gasteiger partial charge is 0.462 e. The first-order valence-electron chi connectivity index (χ1n) is 27.1. The van der Waals surface area contributed by atoms with Gasteiger partial charge in [0.05, 0.1) is 0 Å². The molecule has 0 heterocycles. The summed E-state index contributed by atoms with van der Waals surface area (Å²) in [6, 6.07) is 0. The van der Waals surface area contributed by atoms with Crippen molar-refractivity contribution in [3.8, 4) is 0 Å². The van der Waals surface area contributed by atoms with Gasteiger partial charge in [-0.1, -0.05) is 260 Å². The molecule has 0 aromatic heterocycles.